The van der Waals surface area contributed by atoms with E-state index in [-0.39, 0.29) is 23.5 Å². The number of aromatic nitrogens is 3. The number of carbonyl (C=O) groups excluding carboxylic acids is 1. The second-order valence-electron chi connectivity index (χ2n) is 7.77. The Kier molecular flexibility index (Phi) is 4.11. The van der Waals surface area contributed by atoms with Crippen molar-refractivity contribution < 1.29 is 9.53 Å². The van der Waals surface area contributed by atoms with E-state index >= 15 is 0 Å². The van der Waals surface area contributed by atoms with Gasteiger partial charge < -0.3 is 9.64 Å². The molecule has 6 nitrogen and oxygen atoms in total. The first-order valence-electron chi connectivity index (χ1n) is 8.47. The first kappa shape index (κ1) is 16.9. The Bertz CT molecular complexity index is 765. The molecule has 24 heavy (non-hydrogen) atoms. The smallest absolute Gasteiger partial charge is 0.257 e. The molecular formula is C18H26N4O2. The van der Waals surface area contributed by atoms with E-state index < -0.39 is 0 Å². The summed E-state index contributed by atoms with van der Waals surface area (Å²) in [6.07, 6.45) is 1.77. The van der Waals surface area contributed by atoms with Crippen molar-refractivity contribution in [3.63, 3.8) is 0 Å². The molecule has 1 amide bonds. The molecule has 0 spiro atoms. The third-order valence-electron chi connectivity index (χ3n) is 4.43. The molecule has 1 aliphatic rings. The minimum absolute atomic E-state index is 0.00305. The lowest BCUT2D eigenvalue weighted by Gasteiger charge is -2.35. The molecule has 2 aromatic heterocycles. The van der Waals surface area contributed by atoms with E-state index in [9.17, 15) is 4.79 Å². The summed E-state index contributed by atoms with van der Waals surface area (Å²) >= 11 is 0. The average Bonchev–Trinajstić information content (AvgIpc) is 2.91. The number of aryl methyl sites for hydroxylation is 1. The van der Waals surface area contributed by atoms with Crippen LogP contribution in [0, 0.1) is 6.92 Å². The highest BCUT2D eigenvalue weighted by Gasteiger charge is 2.28. The molecule has 2 unspecified atom stereocenters. The van der Waals surface area contributed by atoms with Crippen LogP contribution in [0.25, 0.3) is 5.65 Å². The molecule has 0 bridgehead atoms. The Morgan fingerprint density at radius 1 is 1.25 bits per heavy atom. The summed E-state index contributed by atoms with van der Waals surface area (Å²) in [5, 5.41) is 4.66. The molecule has 1 aliphatic heterocycles. The van der Waals surface area contributed by atoms with E-state index in [2.05, 4.69) is 30.9 Å². The van der Waals surface area contributed by atoms with Crippen LogP contribution in [0.2, 0.25) is 0 Å². The van der Waals surface area contributed by atoms with Crippen LogP contribution in [0.1, 0.15) is 56.4 Å². The van der Waals surface area contributed by atoms with E-state index in [1.165, 1.54) is 0 Å². The van der Waals surface area contributed by atoms with Crippen LogP contribution in [0.5, 0.6) is 0 Å². The summed E-state index contributed by atoms with van der Waals surface area (Å²) < 4.78 is 7.50. The topological polar surface area (TPSA) is 59.7 Å². The maximum atomic E-state index is 12.9. The lowest BCUT2D eigenvalue weighted by Crippen LogP contribution is -2.48. The van der Waals surface area contributed by atoms with Gasteiger partial charge in [0.25, 0.3) is 5.91 Å². The van der Waals surface area contributed by atoms with Crippen molar-refractivity contribution in [1.29, 1.82) is 0 Å². The largest absolute Gasteiger partial charge is 0.372 e. The number of fused-ring (bicyclic) bond motifs is 1. The molecule has 3 heterocycles. The summed E-state index contributed by atoms with van der Waals surface area (Å²) in [6, 6.07) is 1.99. The fourth-order valence-corrected chi connectivity index (χ4v) is 3.14. The zero-order valence-electron chi connectivity index (χ0n) is 15.3. The Morgan fingerprint density at radius 3 is 2.46 bits per heavy atom. The predicted octanol–water partition coefficient (Wildman–Crippen LogP) is 2.58. The molecule has 0 N–H and O–H groups in total. The van der Waals surface area contributed by atoms with Crippen molar-refractivity contribution in [1.82, 2.24) is 19.5 Å². The number of morpholine rings is 1. The SMILES string of the molecule is Cc1c(C(=O)N2CC(C)OC(C)C2)cnc2cc(C(C)(C)C)nn12. The maximum absolute atomic E-state index is 12.9. The summed E-state index contributed by atoms with van der Waals surface area (Å²) in [7, 11) is 0. The van der Waals surface area contributed by atoms with Gasteiger partial charge in [-0.2, -0.15) is 5.10 Å². The number of rotatable bonds is 1. The van der Waals surface area contributed by atoms with E-state index in [1.54, 1.807) is 10.7 Å². The number of ether oxygens (including phenoxy) is 1. The number of carbonyl (C=O) groups is 1. The van der Waals surface area contributed by atoms with Gasteiger partial charge in [0.2, 0.25) is 0 Å². The third-order valence-corrected chi connectivity index (χ3v) is 4.43. The highest BCUT2D eigenvalue weighted by atomic mass is 16.5. The van der Waals surface area contributed by atoms with E-state index in [4.69, 9.17) is 4.74 Å². The number of hydrogen-bond donors (Lipinski definition) is 0. The highest BCUT2D eigenvalue weighted by Crippen LogP contribution is 2.23. The highest BCUT2D eigenvalue weighted by molar-refractivity contribution is 5.95. The van der Waals surface area contributed by atoms with Crippen LogP contribution in [0.15, 0.2) is 12.3 Å². The van der Waals surface area contributed by atoms with Crippen LogP contribution >= 0.6 is 0 Å². The average molecular weight is 330 g/mol. The van der Waals surface area contributed by atoms with Gasteiger partial charge in [0.15, 0.2) is 5.65 Å². The molecule has 2 atom stereocenters. The van der Waals surface area contributed by atoms with Crippen molar-refractivity contribution in [2.24, 2.45) is 0 Å². The van der Waals surface area contributed by atoms with Gasteiger partial charge in [-0.15, -0.1) is 0 Å². The summed E-state index contributed by atoms with van der Waals surface area (Å²) in [5.74, 6) is -0.00305. The van der Waals surface area contributed by atoms with Crippen molar-refractivity contribution in [2.45, 2.75) is 59.2 Å². The molecule has 3 rings (SSSR count). The van der Waals surface area contributed by atoms with Crippen molar-refractivity contribution in [3.8, 4) is 0 Å². The van der Waals surface area contributed by atoms with Crippen LogP contribution < -0.4 is 0 Å². The minimum Gasteiger partial charge on any atom is -0.372 e. The second-order valence-corrected chi connectivity index (χ2v) is 7.77. The fraction of sp³-hybridized carbons (Fsp3) is 0.611. The molecule has 0 aromatic carbocycles. The standard InChI is InChI=1S/C18H26N4O2/c1-11-9-21(10-12(2)24-11)17(23)14-8-19-16-7-15(18(4,5)6)20-22(16)13(14)3/h7-8,11-12H,9-10H2,1-6H3. The molecule has 1 saturated heterocycles. The van der Waals surface area contributed by atoms with Gasteiger partial charge in [-0.1, -0.05) is 20.8 Å². The van der Waals surface area contributed by atoms with Crippen molar-refractivity contribution >= 4 is 11.6 Å². The summed E-state index contributed by atoms with van der Waals surface area (Å²) in [5.41, 5.74) is 3.12. The first-order valence-corrected chi connectivity index (χ1v) is 8.47. The number of amides is 1. The molecule has 2 aromatic rings. The van der Waals surface area contributed by atoms with Gasteiger partial charge in [-0.25, -0.2) is 9.50 Å². The Hall–Kier alpha value is -1.95. The molecule has 0 aliphatic carbocycles. The van der Waals surface area contributed by atoms with Crippen molar-refractivity contribution in [3.05, 3.63) is 29.2 Å². The predicted molar refractivity (Wildman–Crippen MR) is 92.3 cm³/mol. The summed E-state index contributed by atoms with van der Waals surface area (Å²) in [6.45, 7) is 13.5. The monoisotopic (exact) mass is 330 g/mol. The van der Waals surface area contributed by atoms with E-state index in [1.807, 2.05) is 31.7 Å². The number of hydrogen-bond acceptors (Lipinski definition) is 4. The fourth-order valence-electron chi connectivity index (χ4n) is 3.14. The minimum atomic E-state index is -0.0562. The second kappa shape index (κ2) is 5.84. The van der Waals surface area contributed by atoms with Gasteiger partial charge >= 0.3 is 0 Å². The normalized spacial score (nSPS) is 22.2. The van der Waals surface area contributed by atoms with E-state index in [0.29, 0.717) is 18.7 Å². The first-order chi connectivity index (χ1) is 11.2. The van der Waals surface area contributed by atoms with Crippen LogP contribution in [0.4, 0.5) is 0 Å². The van der Waals surface area contributed by atoms with Crippen LogP contribution in [-0.2, 0) is 10.2 Å². The van der Waals surface area contributed by atoms with Gasteiger partial charge in [-0.05, 0) is 20.8 Å². The van der Waals surface area contributed by atoms with Crippen LogP contribution in [-0.4, -0.2) is 50.7 Å². The zero-order chi connectivity index (χ0) is 17.6. The molecule has 1 fully saturated rings. The molecule has 6 heteroatoms. The number of nitrogens with zero attached hydrogens (tertiary/aromatic N) is 4. The zero-order valence-corrected chi connectivity index (χ0v) is 15.3. The lowest BCUT2D eigenvalue weighted by atomic mass is 9.93. The van der Waals surface area contributed by atoms with Crippen molar-refractivity contribution in [2.75, 3.05) is 13.1 Å². The third kappa shape index (κ3) is 3.02. The van der Waals surface area contributed by atoms with Gasteiger partial charge in [0.05, 0.1) is 29.2 Å². The lowest BCUT2D eigenvalue weighted by molar-refractivity contribution is -0.0586. The molecule has 0 radical (unpaired) electrons. The van der Waals surface area contributed by atoms with Gasteiger partial charge in [0, 0.05) is 30.8 Å². The van der Waals surface area contributed by atoms with Gasteiger partial charge in [0.1, 0.15) is 0 Å². The van der Waals surface area contributed by atoms with E-state index in [0.717, 1.165) is 17.0 Å². The molecule has 0 saturated carbocycles. The molecule has 130 valence electrons. The van der Waals surface area contributed by atoms with Gasteiger partial charge in [-0.3, -0.25) is 4.79 Å². The summed E-state index contributed by atoms with van der Waals surface area (Å²) in [4.78, 5) is 19.3. The van der Waals surface area contributed by atoms with Crippen LogP contribution in [0.3, 0.4) is 0 Å². The molecular weight excluding hydrogens is 304 g/mol. The Balaban J connectivity index is 1.97. The maximum Gasteiger partial charge on any atom is 0.257 e. The Labute approximate surface area is 142 Å². The quantitative estimate of drug-likeness (QED) is 0.806. The Morgan fingerprint density at radius 2 is 1.88 bits per heavy atom.